The molecule has 2 N–H and O–H groups in total. The van der Waals surface area contributed by atoms with E-state index >= 15 is 0 Å². The van der Waals surface area contributed by atoms with Crippen molar-refractivity contribution in [3.8, 4) is 0 Å². The van der Waals surface area contributed by atoms with E-state index in [0.717, 1.165) is 5.56 Å². The van der Waals surface area contributed by atoms with Gasteiger partial charge in [0, 0.05) is 0 Å². The van der Waals surface area contributed by atoms with Crippen LogP contribution in [-0.4, -0.2) is 73.4 Å². The Kier molecular flexibility index (Phi) is 11.3. The minimum atomic E-state index is -3.76. The van der Waals surface area contributed by atoms with Crippen LogP contribution in [0.4, 0.5) is 10.5 Å². The average Bonchev–Trinajstić information content (AvgIpc) is 2.83. The minimum Gasteiger partial charge on any atom is -0.460 e. The van der Waals surface area contributed by atoms with Gasteiger partial charge in [-0.2, -0.15) is 0 Å². The van der Waals surface area contributed by atoms with Crippen LogP contribution in [0.5, 0.6) is 0 Å². The van der Waals surface area contributed by atoms with E-state index in [1.165, 1.54) is 19.1 Å². The lowest BCUT2D eigenvalue weighted by Gasteiger charge is -2.12. The molecule has 0 radical (unpaired) electrons. The zero-order valence-corrected chi connectivity index (χ0v) is 21.7. The van der Waals surface area contributed by atoms with Crippen LogP contribution >= 0.6 is 0 Å². The molecule has 0 bridgehead atoms. The fourth-order valence-corrected chi connectivity index (χ4v) is 4.36. The molecule has 0 fully saturated rings. The quantitative estimate of drug-likeness (QED) is 0.270. The number of nitrogens with one attached hydrogen (secondary N) is 2. The van der Waals surface area contributed by atoms with Gasteiger partial charge in [0.2, 0.25) is 10.0 Å². The molecular weight excluding hydrogens is 512 g/mol. The highest BCUT2D eigenvalue weighted by atomic mass is 32.2. The van der Waals surface area contributed by atoms with E-state index in [1.54, 1.807) is 36.4 Å². The van der Waals surface area contributed by atoms with Crippen LogP contribution in [0.2, 0.25) is 0 Å². The number of rotatable bonds is 14. The Hall–Kier alpha value is -3.00. The van der Waals surface area contributed by atoms with Crippen molar-refractivity contribution in [3.05, 3.63) is 59.7 Å². The van der Waals surface area contributed by atoms with Crippen LogP contribution in [0, 0.1) is 6.92 Å². The second-order valence-electron chi connectivity index (χ2n) is 7.50. The zero-order valence-electron chi connectivity index (χ0n) is 20.1. The van der Waals surface area contributed by atoms with E-state index in [4.69, 9.17) is 14.2 Å². The number of urea groups is 1. The first-order chi connectivity index (χ1) is 17.0. The summed E-state index contributed by atoms with van der Waals surface area (Å²) in [5, 5.41) is 2.31. The van der Waals surface area contributed by atoms with Crippen LogP contribution in [0.25, 0.3) is 0 Å². The summed E-state index contributed by atoms with van der Waals surface area (Å²) in [5.74, 6) is -1.16. The number of amides is 2. The van der Waals surface area contributed by atoms with Crippen molar-refractivity contribution in [3.63, 3.8) is 0 Å². The van der Waals surface area contributed by atoms with Crippen molar-refractivity contribution in [2.24, 2.45) is 0 Å². The summed E-state index contributed by atoms with van der Waals surface area (Å²) in [5.41, 5.74) is 1.10. The highest BCUT2D eigenvalue weighted by Crippen LogP contribution is 2.16. The summed E-state index contributed by atoms with van der Waals surface area (Å²) in [4.78, 5) is 24.5. The second kappa shape index (κ2) is 13.9. The molecule has 2 rings (SSSR count). The Balaban J connectivity index is 1.66. The molecule has 0 unspecified atom stereocenters. The van der Waals surface area contributed by atoms with Crippen molar-refractivity contribution >= 4 is 37.5 Å². The molecule has 0 spiro atoms. The van der Waals surface area contributed by atoms with Gasteiger partial charge in [0.25, 0.3) is 0 Å². The minimum absolute atomic E-state index is 0.0193. The number of aryl methyl sites for hydroxylation is 1. The van der Waals surface area contributed by atoms with Crippen LogP contribution in [0.1, 0.15) is 22.8 Å². The molecule has 0 heterocycles. The summed E-state index contributed by atoms with van der Waals surface area (Å²) in [6, 6.07) is 11.6. The third-order valence-corrected chi connectivity index (χ3v) is 7.68. The molecule has 0 saturated carbocycles. The number of ether oxygens (including phenoxy) is 3. The lowest BCUT2D eigenvalue weighted by Crippen LogP contribution is -2.35. The second-order valence-corrected chi connectivity index (χ2v) is 11.6. The topological polar surface area (TPSA) is 154 Å². The molecule has 0 atom stereocenters. The van der Waals surface area contributed by atoms with Crippen LogP contribution in [-0.2, 0) is 34.1 Å². The van der Waals surface area contributed by atoms with Gasteiger partial charge in [0.1, 0.15) is 6.61 Å². The Morgan fingerprint density at radius 3 is 2.11 bits per heavy atom. The molecule has 2 amide bonds. The number of benzene rings is 2. The largest absolute Gasteiger partial charge is 0.460 e. The fourth-order valence-electron chi connectivity index (χ4n) is 2.76. The number of carbonyl (C=O) groups excluding carboxylic acids is 2. The van der Waals surface area contributed by atoms with E-state index in [2.05, 4.69) is 5.32 Å². The van der Waals surface area contributed by atoms with Gasteiger partial charge in [-0.15, -0.1) is 0 Å². The first-order valence-corrected chi connectivity index (χ1v) is 14.4. The van der Waals surface area contributed by atoms with E-state index in [9.17, 15) is 26.4 Å². The third-order valence-electron chi connectivity index (χ3n) is 4.73. The highest BCUT2D eigenvalue weighted by Gasteiger charge is 2.17. The number of anilines is 1. The summed E-state index contributed by atoms with van der Waals surface area (Å²) >= 11 is 0. The van der Waals surface area contributed by atoms with Gasteiger partial charge in [0.05, 0.1) is 54.1 Å². The summed E-state index contributed by atoms with van der Waals surface area (Å²) in [7, 11) is -7.18. The maximum absolute atomic E-state index is 12.3. The predicted octanol–water partition coefficient (Wildman–Crippen LogP) is 2.13. The Morgan fingerprint density at radius 1 is 0.833 bits per heavy atom. The van der Waals surface area contributed by atoms with Crippen molar-refractivity contribution in [2.45, 2.75) is 18.7 Å². The van der Waals surface area contributed by atoms with Gasteiger partial charge in [-0.25, -0.2) is 31.1 Å². The smallest absolute Gasteiger partial charge is 0.340 e. The molecule has 0 aromatic heterocycles. The molecule has 36 heavy (non-hydrogen) atoms. The SMILES string of the molecule is CCS(=O)(=O)NC(=O)Nc1ccccc1C(=O)OCCOCCOCCS(=O)(=O)c1ccc(C)cc1. The van der Waals surface area contributed by atoms with Gasteiger partial charge in [0.15, 0.2) is 9.84 Å². The fraction of sp³-hybridized carbons (Fsp3) is 0.391. The molecule has 0 aliphatic heterocycles. The molecule has 2 aromatic rings. The summed E-state index contributed by atoms with van der Waals surface area (Å²) in [6.07, 6.45) is 0. The van der Waals surface area contributed by atoms with Crippen molar-refractivity contribution < 1.29 is 40.6 Å². The van der Waals surface area contributed by atoms with Crippen LogP contribution in [0.15, 0.2) is 53.4 Å². The maximum Gasteiger partial charge on any atom is 0.340 e. The van der Waals surface area contributed by atoms with Crippen molar-refractivity contribution in [1.82, 2.24) is 4.72 Å². The maximum atomic E-state index is 12.3. The average molecular weight is 543 g/mol. The Bertz CT molecular complexity index is 1230. The number of sulfonamides is 1. The lowest BCUT2D eigenvalue weighted by molar-refractivity contribution is 0.0166. The lowest BCUT2D eigenvalue weighted by atomic mass is 10.2. The molecule has 0 saturated heterocycles. The van der Waals surface area contributed by atoms with Gasteiger partial charge in [-0.1, -0.05) is 29.8 Å². The Labute approximate surface area is 211 Å². The first kappa shape index (κ1) is 29.2. The standard InChI is InChI=1S/C23H30N2O9S2/c1-3-36(30,31)25-23(27)24-21-7-5-4-6-20(21)22(26)34-15-14-32-12-13-33-16-17-35(28,29)19-10-8-18(2)9-11-19/h4-11H,3,12-17H2,1-2H3,(H2,24,25,27). The number of hydrogen-bond acceptors (Lipinski definition) is 9. The number of sulfone groups is 1. The van der Waals surface area contributed by atoms with E-state index < -0.39 is 31.9 Å². The summed E-state index contributed by atoms with van der Waals surface area (Å²) in [6.45, 7) is 3.61. The number of para-hydroxylation sites is 1. The highest BCUT2D eigenvalue weighted by molar-refractivity contribution is 7.91. The van der Waals surface area contributed by atoms with Gasteiger partial charge < -0.3 is 19.5 Å². The molecular formula is C23H30N2O9S2. The number of carbonyl (C=O) groups is 2. The predicted molar refractivity (Wildman–Crippen MR) is 133 cm³/mol. The molecule has 0 aliphatic carbocycles. The molecule has 198 valence electrons. The normalized spacial score (nSPS) is 11.6. The van der Waals surface area contributed by atoms with E-state index in [0.29, 0.717) is 0 Å². The number of hydrogen-bond donors (Lipinski definition) is 2. The monoisotopic (exact) mass is 542 g/mol. The molecule has 13 heteroatoms. The third kappa shape index (κ3) is 9.93. The van der Waals surface area contributed by atoms with E-state index in [1.807, 2.05) is 11.6 Å². The van der Waals surface area contributed by atoms with Gasteiger partial charge in [-0.3, -0.25) is 0 Å². The number of esters is 1. The zero-order chi connectivity index (χ0) is 26.6. The first-order valence-electron chi connectivity index (χ1n) is 11.1. The van der Waals surface area contributed by atoms with Crippen molar-refractivity contribution in [2.75, 3.05) is 49.9 Å². The summed E-state index contributed by atoms with van der Waals surface area (Å²) < 4.78 is 65.1. The van der Waals surface area contributed by atoms with Crippen LogP contribution in [0.3, 0.4) is 0 Å². The van der Waals surface area contributed by atoms with Crippen molar-refractivity contribution in [1.29, 1.82) is 0 Å². The van der Waals surface area contributed by atoms with Crippen LogP contribution < -0.4 is 10.0 Å². The molecule has 2 aromatic carbocycles. The van der Waals surface area contributed by atoms with E-state index in [-0.39, 0.29) is 60.7 Å². The molecule has 0 aliphatic rings. The van der Waals surface area contributed by atoms with Gasteiger partial charge >= 0.3 is 12.0 Å². The Morgan fingerprint density at radius 2 is 1.44 bits per heavy atom. The molecule has 11 nitrogen and oxygen atoms in total. The van der Waals surface area contributed by atoms with Gasteiger partial charge in [-0.05, 0) is 38.1 Å².